The average Bonchev–Trinajstić information content (AvgIpc) is 3.85. The molecule has 288 valence electrons. The van der Waals surface area contributed by atoms with Crippen LogP contribution in [-0.2, 0) is 0 Å². The van der Waals surface area contributed by atoms with Crippen molar-refractivity contribution in [2.75, 3.05) is 0 Å². The summed E-state index contributed by atoms with van der Waals surface area (Å²) in [5.41, 5.74) is 9.46. The van der Waals surface area contributed by atoms with Crippen molar-refractivity contribution in [3.05, 3.63) is 120 Å². The van der Waals surface area contributed by atoms with Crippen LogP contribution in [0, 0.1) is 94.7 Å². The SMILES string of the molecule is c1ccc(-c2ccccc2C2C3CCCCC3C(c3ccccc3-c3ccccc3)C3C4CCC5C6CCC7CCC8CCC(C9CCC(C4C95)C23)C6C87)cc1. The van der Waals surface area contributed by atoms with Crippen LogP contribution in [0.1, 0.15) is 113 Å². The van der Waals surface area contributed by atoms with Crippen molar-refractivity contribution in [2.24, 2.45) is 94.7 Å². The average molecular weight is 737 g/mol. The summed E-state index contributed by atoms with van der Waals surface area (Å²) in [5, 5.41) is 0. The largest absolute Gasteiger partial charge is 0.0622 e. The molecule has 0 amide bonds. The van der Waals surface area contributed by atoms with E-state index in [9.17, 15) is 0 Å². The Kier molecular flexibility index (Phi) is 7.97. The summed E-state index contributed by atoms with van der Waals surface area (Å²) in [6.45, 7) is 0. The molecule has 9 aliphatic rings. The fourth-order valence-electron chi connectivity index (χ4n) is 19.2. The second kappa shape index (κ2) is 13.2. The van der Waals surface area contributed by atoms with E-state index in [0.29, 0.717) is 11.8 Å². The summed E-state index contributed by atoms with van der Waals surface area (Å²) in [6, 6.07) is 43.1. The summed E-state index contributed by atoms with van der Waals surface area (Å²) >= 11 is 0. The Hall–Kier alpha value is -3.12. The fraction of sp³-hybridized carbons (Fsp3) is 0.571. The third kappa shape index (κ3) is 4.77. The van der Waals surface area contributed by atoms with Crippen LogP contribution < -0.4 is 0 Å². The normalized spacial score (nSPS) is 45.2. The number of rotatable bonds is 4. The van der Waals surface area contributed by atoms with Gasteiger partial charge in [-0.15, -0.1) is 0 Å². The lowest BCUT2D eigenvalue weighted by Gasteiger charge is -2.65. The smallest absolute Gasteiger partial charge is 0.00905 e. The fourth-order valence-corrected chi connectivity index (χ4v) is 19.2. The van der Waals surface area contributed by atoms with Crippen molar-refractivity contribution in [1.29, 1.82) is 0 Å². The van der Waals surface area contributed by atoms with Crippen molar-refractivity contribution in [2.45, 2.75) is 102 Å². The first-order chi connectivity index (χ1) is 27.8. The highest BCUT2D eigenvalue weighted by atomic mass is 14.7. The second-order valence-electron chi connectivity index (χ2n) is 21.4. The summed E-state index contributed by atoms with van der Waals surface area (Å²) in [4.78, 5) is 0. The van der Waals surface area contributed by atoms with Crippen LogP contribution in [0.2, 0.25) is 0 Å². The van der Waals surface area contributed by atoms with E-state index in [1.165, 1.54) is 49.7 Å². The van der Waals surface area contributed by atoms with Crippen LogP contribution in [0.25, 0.3) is 22.3 Å². The van der Waals surface area contributed by atoms with Gasteiger partial charge in [-0.1, -0.05) is 122 Å². The highest BCUT2D eigenvalue weighted by molar-refractivity contribution is 5.70. The molecule has 9 saturated carbocycles. The van der Waals surface area contributed by atoms with E-state index < -0.39 is 0 Å². The Balaban J connectivity index is 0.990. The van der Waals surface area contributed by atoms with Crippen LogP contribution in [-0.4, -0.2) is 0 Å². The lowest BCUT2D eigenvalue weighted by Crippen LogP contribution is -2.59. The molecule has 9 aliphatic carbocycles. The highest BCUT2D eigenvalue weighted by Gasteiger charge is 2.70. The lowest BCUT2D eigenvalue weighted by atomic mass is 9.40. The summed E-state index contributed by atoms with van der Waals surface area (Å²) < 4.78 is 0. The maximum absolute atomic E-state index is 2.65. The second-order valence-corrected chi connectivity index (χ2v) is 21.4. The van der Waals surface area contributed by atoms with Crippen LogP contribution in [0.5, 0.6) is 0 Å². The summed E-state index contributed by atoms with van der Waals surface area (Å²) in [7, 11) is 0. The van der Waals surface area contributed by atoms with Gasteiger partial charge in [0, 0.05) is 0 Å². The molecule has 0 aliphatic heterocycles. The molecule has 0 N–H and O–H groups in total. The molecule has 56 heavy (non-hydrogen) atoms. The minimum atomic E-state index is 0.688. The molecule has 0 aromatic heterocycles. The van der Waals surface area contributed by atoms with E-state index in [0.717, 1.165) is 94.7 Å². The Bertz CT molecular complexity index is 1920. The summed E-state index contributed by atoms with van der Waals surface area (Å²) in [6.07, 6.45) is 21.5. The maximum Gasteiger partial charge on any atom is -0.00905 e. The molecule has 0 heterocycles. The monoisotopic (exact) mass is 737 g/mol. The molecule has 14 unspecified atom stereocenters. The van der Waals surface area contributed by atoms with Crippen molar-refractivity contribution >= 4 is 0 Å². The Labute approximate surface area is 337 Å². The van der Waals surface area contributed by atoms with Gasteiger partial charge < -0.3 is 0 Å². The zero-order valence-corrected chi connectivity index (χ0v) is 33.7. The van der Waals surface area contributed by atoms with Gasteiger partial charge in [0.15, 0.2) is 0 Å². The number of fused-ring (bicyclic) bond motifs is 6. The standard InChI is InChI=1S/C56H64/c1-3-13-33(14-4-1)37-17-7-9-19-39(37)52-41-21-11-12-22-42(41)53(40-20-10-8-18-38(40)34-15-5-2-6-16-34)56-48-32-30-46-44-28-26-36-24-23-35-25-27-43(50(44)49(35)36)45-29-31-47(55(52)56)54(48)51(45)46/h1-10,13-20,35-36,41-56H,11-12,21-32H2. The zero-order chi connectivity index (χ0) is 36.5. The first-order valence-electron chi connectivity index (χ1n) is 24.1. The van der Waals surface area contributed by atoms with Crippen molar-refractivity contribution in [1.82, 2.24) is 0 Å². The predicted molar refractivity (Wildman–Crippen MR) is 230 cm³/mol. The van der Waals surface area contributed by atoms with Gasteiger partial charge in [0.2, 0.25) is 0 Å². The first-order valence-corrected chi connectivity index (χ1v) is 24.1. The van der Waals surface area contributed by atoms with Gasteiger partial charge in [0.1, 0.15) is 0 Å². The molecular weight excluding hydrogens is 673 g/mol. The van der Waals surface area contributed by atoms with Gasteiger partial charge in [-0.2, -0.15) is 0 Å². The predicted octanol–water partition coefficient (Wildman–Crippen LogP) is 14.3. The Morgan fingerprint density at radius 2 is 0.625 bits per heavy atom. The van der Waals surface area contributed by atoms with Gasteiger partial charge >= 0.3 is 0 Å². The molecule has 0 spiro atoms. The van der Waals surface area contributed by atoms with E-state index >= 15 is 0 Å². The van der Waals surface area contributed by atoms with Crippen molar-refractivity contribution in [3.63, 3.8) is 0 Å². The minimum absolute atomic E-state index is 0.688. The molecule has 4 aromatic rings. The topological polar surface area (TPSA) is 0 Å². The molecule has 0 saturated heterocycles. The zero-order valence-electron chi connectivity index (χ0n) is 33.7. The van der Waals surface area contributed by atoms with Crippen molar-refractivity contribution < 1.29 is 0 Å². The number of hydrogen-bond donors (Lipinski definition) is 0. The van der Waals surface area contributed by atoms with E-state index in [2.05, 4.69) is 109 Å². The maximum atomic E-state index is 2.65. The highest BCUT2D eigenvalue weighted by Crippen LogP contribution is 2.77. The molecule has 13 rings (SSSR count). The van der Waals surface area contributed by atoms with E-state index in [1.54, 1.807) is 73.6 Å². The van der Waals surface area contributed by atoms with Crippen LogP contribution in [0.3, 0.4) is 0 Å². The summed E-state index contributed by atoms with van der Waals surface area (Å²) in [5.74, 6) is 17.0. The van der Waals surface area contributed by atoms with Crippen molar-refractivity contribution in [3.8, 4) is 22.3 Å². The van der Waals surface area contributed by atoms with Crippen LogP contribution in [0.4, 0.5) is 0 Å². The number of hydrogen-bond acceptors (Lipinski definition) is 0. The molecule has 0 nitrogen and oxygen atoms in total. The van der Waals surface area contributed by atoms with Gasteiger partial charge in [-0.05, 0) is 217 Å². The Morgan fingerprint density at radius 1 is 0.268 bits per heavy atom. The molecular formula is C56H64. The molecule has 9 fully saturated rings. The first kappa shape index (κ1) is 33.8. The van der Waals surface area contributed by atoms with Crippen LogP contribution >= 0.6 is 0 Å². The minimum Gasteiger partial charge on any atom is -0.0622 e. The van der Waals surface area contributed by atoms with Gasteiger partial charge in [-0.25, -0.2) is 0 Å². The van der Waals surface area contributed by atoms with Gasteiger partial charge in [0.25, 0.3) is 0 Å². The molecule has 14 atom stereocenters. The van der Waals surface area contributed by atoms with E-state index in [1.807, 2.05) is 0 Å². The van der Waals surface area contributed by atoms with Crippen LogP contribution in [0.15, 0.2) is 109 Å². The molecule has 0 radical (unpaired) electrons. The molecule has 4 aromatic carbocycles. The quantitative estimate of drug-likeness (QED) is 0.196. The van der Waals surface area contributed by atoms with Gasteiger partial charge in [-0.3, -0.25) is 0 Å². The van der Waals surface area contributed by atoms with E-state index in [-0.39, 0.29) is 0 Å². The van der Waals surface area contributed by atoms with Gasteiger partial charge in [0.05, 0.1) is 0 Å². The third-order valence-corrected chi connectivity index (χ3v) is 20.2. The lowest BCUT2D eigenvalue weighted by molar-refractivity contribution is -0.169. The third-order valence-electron chi connectivity index (χ3n) is 20.2. The molecule has 0 bridgehead atoms. The van der Waals surface area contributed by atoms with E-state index in [4.69, 9.17) is 0 Å². The number of benzene rings is 4. The Morgan fingerprint density at radius 3 is 1.11 bits per heavy atom. The molecule has 0 heteroatoms.